The Hall–Kier alpha value is -3.49. The van der Waals surface area contributed by atoms with Crippen molar-refractivity contribution in [3.05, 3.63) is 73.8 Å². The number of nitrogens with zero attached hydrogens (tertiary/aromatic N) is 2. The number of phenolic OH excluding ortho intramolecular Hbond substituents is 1. The number of ether oxygens (including phenoxy) is 1. The number of benzene rings is 2. The van der Waals surface area contributed by atoms with Gasteiger partial charge in [0.25, 0.3) is 11.4 Å². The Morgan fingerprint density at radius 1 is 1.00 bits per heavy atom. The van der Waals surface area contributed by atoms with Crippen LogP contribution in [0.15, 0.2) is 42.5 Å². The van der Waals surface area contributed by atoms with Crippen molar-refractivity contribution < 1.29 is 24.5 Å². The van der Waals surface area contributed by atoms with Crippen molar-refractivity contribution in [2.75, 3.05) is 0 Å². The average molecular weight is 318 g/mol. The molecule has 0 radical (unpaired) electrons. The molecule has 0 amide bonds. The van der Waals surface area contributed by atoms with Crippen LogP contribution in [0.4, 0.5) is 11.4 Å². The first-order valence-corrected chi connectivity index (χ1v) is 6.26. The molecule has 0 aliphatic heterocycles. The number of phenols is 1. The highest BCUT2D eigenvalue weighted by atomic mass is 16.6. The van der Waals surface area contributed by atoms with Gasteiger partial charge in [-0.3, -0.25) is 20.2 Å². The molecule has 0 saturated carbocycles. The summed E-state index contributed by atoms with van der Waals surface area (Å²) >= 11 is 0. The minimum Gasteiger partial charge on any atom is -0.507 e. The SMILES string of the molecule is O=C(OCc1ccc([N+](=O)[O-])cc1)c1ccc([N+](=O)[O-])cc1O. The van der Waals surface area contributed by atoms with Gasteiger partial charge < -0.3 is 9.84 Å². The molecule has 118 valence electrons. The number of esters is 1. The average Bonchev–Trinajstić information content (AvgIpc) is 2.52. The van der Waals surface area contributed by atoms with E-state index in [4.69, 9.17) is 4.74 Å². The van der Waals surface area contributed by atoms with Crippen LogP contribution in [-0.2, 0) is 11.3 Å². The van der Waals surface area contributed by atoms with Crippen LogP contribution < -0.4 is 0 Å². The molecular formula is C14H10N2O7. The third-order valence-corrected chi connectivity index (χ3v) is 2.93. The lowest BCUT2D eigenvalue weighted by Gasteiger charge is -2.06. The molecule has 0 fully saturated rings. The fourth-order valence-electron chi connectivity index (χ4n) is 1.75. The van der Waals surface area contributed by atoms with Gasteiger partial charge in [0.2, 0.25) is 0 Å². The highest BCUT2D eigenvalue weighted by Gasteiger charge is 2.17. The first-order valence-electron chi connectivity index (χ1n) is 6.26. The molecule has 0 bridgehead atoms. The van der Waals surface area contributed by atoms with Crippen LogP contribution in [0.25, 0.3) is 0 Å². The summed E-state index contributed by atoms with van der Waals surface area (Å²) in [7, 11) is 0. The number of aromatic hydroxyl groups is 1. The van der Waals surface area contributed by atoms with Gasteiger partial charge in [0.15, 0.2) is 0 Å². The second kappa shape index (κ2) is 6.52. The predicted molar refractivity (Wildman–Crippen MR) is 77.0 cm³/mol. The van der Waals surface area contributed by atoms with Gasteiger partial charge in [0.05, 0.1) is 15.9 Å². The summed E-state index contributed by atoms with van der Waals surface area (Å²) in [5, 5.41) is 30.7. The molecule has 0 saturated heterocycles. The number of hydrogen-bond donors (Lipinski definition) is 1. The Kier molecular flexibility index (Phi) is 4.50. The molecule has 9 heteroatoms. The third kappa shape index (κ3) is 3.79. The van der Waals surface area contributed by atoms with E-state index < -0.39 is 21.6 Å². The van der Waals surface area contributed by atoms with E-state index in [0.29, 0.717) is 5.56 Å². The Morgan fingerprint density at radius 3 is 2.09 bits per heavy atom. The molecule has 2 aromatic carbocycles. The maximum Gasteiger partial charge on any atom is 0.342 e. The van der Waals surface area contributed by atoms with Gasteiger partial charge in [-0.05, 0) is 23.8 Å². The molecule has 0 spiro atoms. The Balaban J connectivity index is 2.04. The minimum atomic E-state index is -0.865. The monoisotopic (exact) mass is 318 g/mol. The lowest BCUT2D eigenvalue weighted by Crippen LogP contribution is -2.06. The second-order valence-electron chi connectivity index (χ2n) is 4.46. The Morgan fingerprint density at radius 2 is 1.57 bits per heavy atom. The van der Waals surface area contributed by atoms with Gasteiger partial charge in [0.1, 0.15) is 17.9 Å². The molecule has 2 aromatic rings. The molecular weight excluding hydrogens is 308 g/mol. The van der Waals surface area contributed by atoms with E-state index in [2.05, 4.69) is 0 Å². The third-order valence-electron chi connectivity index (χ3n) is 2.93. The smallest absolute Gasteiger partial charge is 0.342 e. The van der Waals surface area contributed by atoms with E-state index in [0.717, 1.165) is 18.2 Å². The van der Waals surface area contributed by atoms with Crippen molar-refractivity contribution in [1.82, 2.24) is 0 Å². The van der Waals surface area contributed by atoms with Crippen LogP contribution in [0.5, 0.6) is 5.75 Å². The Bertz CT molecular complexity index is 771. The van der Waals surface area contributed by atoms with Crippen LogP contribution in [-0.4, -0.2) is 20.9 Å². The van der Waals surface area contributed by atoms with Crippen LogP contribution in [0.1, 0.15) is 15.9 Å². The lowest BCUT2D eigenvalue weighted by atomic mass is 10.2. The number of nitro benzene ring substituents is 2. The van der Waals surface area contributed by atoms with Gasteiger partial charge >= 0.3 is 5.97 Å². The molecule has 0 aromatic heterocycles. The molecule has 0 unspecified atom stereocenters. The number of rotatable bonds is 5. The molecule has 0 aliphatic carbocycles. The molecule has 0 heterocycles. The van der Waals surface area contributed by atoms with Crippen molar-refractivity contribution in [1.29, 1.82) is 0 Å². The van der Waals surface area contributed by atoms with E-state index in [-0.39, 0.29) is 23.5 Å². The van der Waals surface area contributed by atoms with Crippen LogP contribution in [0.3, 0.4) is 0 Å². The normalized spacial score (nSPS) is 10.1. The summed E-state index contributed by atoms with van der Waals surface area (Å²) < 4.78 is 4.96. The maximum absolute atomic E-state index is 11.8. The summed E-state index contributed by atoms with van der Waals surface area (Å²) in [6.45, 7) is -0.159. The maximum atomic E-state index is 11.8. The molecule has 2 rings (SSSR count). The molecule has 0 aliphatic rings. The van der Waals surface area contributed by atoms with Gasteiger partial charge in [-0.15, -0.1) is 0 Å². The van der Waals surface area contributed by atoms with E-state index in [1.165, 1.54) is 24.3 Å². The number of non-ortho nitro benzene ring substituents is 2. The van der Waals surface area contributed by atoms with Gasteiger partial charge in [-0.1, -0.05) is 0 Å². The van der Waals surface area contributed by atoms with E-state index in [9.17, 15) is 30.1 Å². The largest absolute Gasteiger partial charge is 0.507 e. The van der Waals surface area contributed by atoms with Crippen molar-refractivity contribution in [2.24, 2.45) is 0 Å². The zero-order valence-corrected chi connectivity index (χ0v) is 11.5. The quantitative estimate of drug-likeness (QED) is 0.508. The topological polar surface area (TPSA) is 133 Å². The fourth-order valence-corrected chi connectivity index (χ4v) is 1.75. The van der Waals surface area contributed by atoms with Gasteiger partial charge in [-0.25, -0.2) is 4.79 Å². The highest BCUT2D eigenvalue weighted by Crippen LogP contribution is 2.24. The second-order valence-corrected chi connectivity index (χ2v) is 4.46. The molecule has 1 N–H and O–H groups in total. The summed E-state index contributed by atoms with van der Waals surface area (Å²) in [4.78, 5) is 31.7. The van der Waals surface area contributed by atoms with Crippen LogP contribution in [0.2, 0.25) is 0 Å². The molecule has 23 heavy (non-hydrogen) atoms. The molecule has 9 nitrogen and oxygen atoms in total. The van der Waals surface area contributed by atoms with E-state index in [1.807, 2.05) is 0 Å². The zero-order valence-electron chi connectivity index (χ0n) is 11.5. The fraction of sp³-hybridized carbons (Fsp3) is 0.0714. The van der Waals surface area contributed by atoms with Gasteiger partial charge in [-0.2, -0.15) is 0 Å². The van der Waals surface area contributed by atoms with Crippen molar-refractivity contribution in [3.63, 3.8) is 0 Å². The number of hydrogen-bond acceptors (Lipinski definition) is 7. The van der Waals surface area contributed by atoms with Crippen molar-refractivity contribution in [3.8, 4) is 5.75 Å². The van der Waals surface area contributed by atoms with Crippen LogP contribution >= 0.6 is 0 Å². The number of carbonyl (C=O) groups is 1. The summed E-state index contributed by atoms with van der Waals surface area (Å²) in [5.74, 6) is -1.43. The molecule has 0 atom stereocenters. The van der Waals surface area contributed by atoms with Crippen molar-refractivity contribution >= 4 is 17.3 Å². The lowest BCUT2D eigenvalue weighted by molar-refractivity contribution is -0.385. The predicted octanol–water partition coefficient (Wildman–Crippen LogP) is 2.57. The zero-order chi connectivity index (χ0) is 17.0. The first kappa shape index (κ1) is 15.9. The Labute approximate surface area is 129 Å². The van der Waals surface area contributed by atoms with E-state index >= 15 is 0 Å². The van der Waals surface area contributed by atoms with E-state index in [1.54, 1.807) is 0 Å². The summed E-state index contributed by atoms with van der Waals surface area (Å²) in [6, 6.07) is 8.41. The van der Waals surface area contributed by atoms with Crippen molar-refractivity contribution in [2.45, 2.75) is 6.61 Å². The highest BCUT2D eigenvalue weighted by molar-refractivity contribution is 5.92. The van der Waals surface area contributed by atoms with Gasteiger partial charge in [0, 0.05) is 18.2 Å². The first-order chi connectivity index (χ1) is 10.9. The summed E-state index contributed by atoms with van der Waals surface area (Å²) in [5.41, 5.74) is -0.134. The number of nitro groups is 2. The van der Waals surface area contributed by atoms with Crippen LogP contribution in [0, 0.1) is 20.2 Å². The number of carbonyl (C=O) groups excluding carboxylic acids is 1. The standard InChI is InChI=1S/C14H10N2O7/c17-13-7-11(16(21)22)5-6-12(13)14(18)23-8-9-1-3-10(4-2-9)15(19)20/h1-7,17H,8H2. The minimum absolute atomic E-state index is 0.0897. The summed E-state index contributed by atoms with van der Waals surface area (Å²) in [6.07, 6.45) is 0.